The van der Waals surface area contributed by atoms with Gasteiger partial charge in [-0.25, -0.2) is 0 Å². The minimum Gasteiger partial charge on any atom is -0.411 e. The van der Waals surface area contributed by atoms with Gasteiger partial charge in [0.15, 0.2) is 6.20 Å². The lowest BCUT2D eigenvalue weighted by atomic mass is 10.2. The lowest BCUT2D eigenvalue weighted by Gasteiger charge is -2.07. The van der Waals surface area contributed by atoms with E-state index in [0.717, 1.165) is 5.69 Å². The Bertz CT molecular complexity index is 514. The van der Waals surface area contributed by atoms with E-state index in [9.17, 15) is 0 Å². The highest BCUT2D eigenvalue weighted by Gasteiger charge is 2.19. The molecule has 0 amide bonds. The van der Waals surface area contributed by atoms with Crippen molar-refractivity contribution in [2.75, 3.05) is 0 Å². The molecule has 17 heavy (non-hydrogen) atoms. The van der Waals surface area contributed by atoms with Crippen molar-refractivity contribution < 1.29 is 9.77 Å². The molecule has 2 aromatic rings. The second-order valence-electron chi connectivity index (χ2n) is 3.52. The molecule has 1 aromatic carbocycles. The van der Waals surface area contributed by atoms with Crippen LogP contribution in [0.2, 0.25) is 0 Å². The average Bonchev–Trinajstić information content (AvgIpc) is 2.40. The number of benzene rings is 1. The first kappa shape index (κ1) is 12.0. The Kier molecular flexibility index (Phi) is 4.08. The molecule has 1 aromatic heterocycles. The van der Waals surface area contributed by atoms with Crippen molar-refractivity contribution in [3.8, 4) is 0 Å². The summed E-state index contributed by atoms with van der Waals surface area (Å²) in [6.45, 7) is 0. The Morgan fingerprint density at radius 1 is 1.12 bits per heavy atom. The number of hydrogen-bond acceptors (Lipinski definition) is 2. The third-order valence-electron chi connectivity index (χ3n) is 2.43. The van der Waals surface area contributed by atoms with Gasteiger partial charge < -0.3 is 5.21 Å². The molecule has 0 bridgehead atoms. The second-order valence-corrected chi connectivity index (χ2v) is 4.70. The van der Waals surface area contributed by atoms with E-state index in [1.54, 1.807) is 0 Å². The summed E-state index contributed by atoms with van der Waals surface area (Å²) in [6.07, 6.45) is 3.41. The summed E-state index contributed by atoms with van der Waals surface area (Å²) in [5, 5.41) is 11.7. The molecule has 0 saturated heterocycles. The predicted octanol–water partition coefficient (Wildman–Crippen LogP) is 2.76. The molecular formula is C13H12IN2O+. The molecule has 4 heteroatoms. The molecule has 2 rings (SSSR count). The monoisotopic (exact) mass is 339 g/mol. The maximum atomic E-state index is 8.65. The smallest absolute Gasteiger partial charge is 0.233 e. The summed E-state index contributed by atoms with van der Waals surface area (Å²) in [4.78, 5) is 0. The maximum Gasteiger partial charge on any atom is 0.233 e. The molecular weight excluding hydrogens is 327 g/mol. The van der Waals surface area contributed by atoms with E-state index in [1.165, 1.54) is 11.8 Å². The van der Waals surface area contributed by atoms with Crippen LogP contribution in [0.5, 0.6) is 0 Å². The summed E-state index contributed by atoms with van der Waals surface area (Å²) in [5.41, 5.74) is 2.06. The first-order valence-electron chi connectivity index (χ1n) is 5.19. The van der Waals surface area contributed by atoms with Crippen LogP contribution in [0, 0.1) is 0 Å². The van der Waals surface area contributed by atoms with Crippen LogP contribution < -0.4 is 4.57 Å². The van der Waals surface area contributed by atoms with Crippen LogP contribution in [-0.4, -0.2) is 11.4 Å². The fourth-order valence-electron chi connectivity index (χ4n) is 1.62. The molecule has 1 N–H and O–H groups in total. The zero-order chi connectivity index (χ0) is 12.1. The maximum absolute atomic E-state index is 8.65. The van der Waals surface area contributed by atoms with Gasteiger partial charge in [0.1, 0.15) is 6.21 Å². The topological polar surface area (TPSA) is 36.5 Å². The first-order valence-corrected chi connectivity index (χ1v) is 6.44. The van der Waals surface area contributed by atoms with Crippen molar-refractivity contribution in [3.63, 3.8) is 0 Å². The van der Waals surface area contributed by atoms with Gasteiger partial charge in [-0.15, -0.1) is 0 Å². The van der Waals surface area contributed by atoms with Crippen molar-refractivity contribution in [3.05, 3.63) is 66.0 Å². The molecule has 0 saturated carbocycles. The number of alkyl halides is 1. The highest BCUT2D eigenvalue weighted by Crippen LogP contribution is 2.19. The normalized spacial score (nSPS) is 12.8. The average molecular weight is 339 g/mol. The zero-order valence-electron chi connectivity index (χ0n) is 9.07. The number of halogens is 1. The second kappa shape index (κ2) is 5.77. The van der Waals surface area contributed by atoms with Gasteiger partial charge in [-0.3, -0.25) is 0 Å². The minimum atomic E-state index is 0.169. The number of pyridine rings is 1. The number of hydrogen-bond donors (Lipinski definition) is 1. The molecule has 0 aliphatic carbocycles. The van der Waals surface area contributed by atoms with E-state index < -0.39 is 0 Å². The van der Waals surface area contributed by atoms with Crippen molar-refractivity contribution in [2.45, 2.75) is 4.05 Å². The Balaban J connectivity index is 2.40. The Morgan fingerprint density at radius 2 is 1.82 bits per heavy atom. The number of aromatic nitrogens is 1. The standard InChI is InChI=1S/C13H11IN2O/c14-13(11-6-2-1-3-7-11)16-9-5-4-8-12(16)10-15-17/h1-10,13H/p+1. The van der Waals surface area contributed by atoms with E-state index in [4.69, 9.17) is 5.21 Å². The summed E-state index contributed by atoms with van der Waals surface area (Å²) in [7, 11) is 0. The van der Waals surface area contributed by atoms with E-state index in [0.29, 0.717) is 0 Å². The fourth-order valence-corrected chi connectivity index (χ4v) is 2.54. The summed E-state index contributed by atoms with van der Waals surface area (Å²) >= 11 is 2.36. The van der Waals surface area contributed by atoms with Crippen molar-refractivity contribution >= 4 is 28.8 Å². The Hall–Kier alpha value is -1.43. The predicted molar refractivity (Wildman–Crippen MR) is 74.6 cm³/mol. The molecule has 0 aliphatic heterocycles. The van der Waals surface area contributed by atoms with Gasteiger partial charge in [0.25, 0.3) is 0 Å². The van der Waals surface area contributed by atoms with Crippen LogP contribution in [0.4, 0.5) is 0 Å². The van der Waals surface area contributed by atoms with E-state index in [-0.39, 0.29) is 4.05 Å². The van der Waals surface area contributed by atoms with Crippen LogP contribution in [0.25, 0.3) is 0 Å². The minimum absolute atomic E-state index is 0.169. The van der Waals surface area contributed by atoms with E-state index in [1.807, 2.05) is 42.6 Å². The molecule has 86 valence electrons. The Labute approximate surface area is 114 Å². The molecule has 0 aliphatic rings. The highest BCUT2D eigenvalue weighted by molar-refractivity contribution is 14.1. The molecule has 0 spiro atoms. The third-order valence-corrected chi connectivity index (χ3v) is 3.75. The van der Waals surface area contributed by atoms with E-state index in [2.05, 4.69) is 44.4 Å². The van der Waals surface area contributed by atoms with Crippen molar-refractivity contribution in [2.24, 2.45) is 5.16 Å². The largest absolute Gasteiger partial charge is 0.411 e. The fraction of sp³-hybridized carbons (Fsp3) is 0.0769. The first-order chi connectivity index (χ1) is 8.33. The molecule has 0 radical (unpaired) electrons. The van der Waals surface area contributed by atoms with Crippen LogP contribution >= 0.6 is 22.6 Å². The summed E-state index contributed by atoms with van der Waals surface area (Å²) in [6, 6.07) is 16.0. The number of rotatable bonds is 3. The number of oxime groups is 1. The van der Waals surface area contributed by atoms with Gasteiger partial charge in [0.2, 0.25) is 9.74 Å². The van der Waals surface area contributed by atoms with Gasteiger partial charge in [-0.1, -0.05) is 35.5 Å². The van der Waals surface area contributed by atoms with Gasteiger partial charge in [0.05, 0.1) is 0 Å². The van der Waals surface area contributed by atoms with Gasteiger partial charge in [0, 0.05) is 40.3 Å². The van der Waals surface area contributed by atoms with Crippen LogP contribution in [0.3, 0.4) is 0 Å². The number of nitrogens with zero attached hydrogens (tertiary/aromatic N) is 2. The van der Waals surface area contributed by atoms with Crippen LogP contribution in [0.15, 0.2) is 59.9 Å². The van der Waals surface area contributed by atoms with Crippen LogP contribution in [-0.2, 0) is 0 Å². The molecule has 1 unspecified atom stereocenters. The lowest BCUT2D eigenvalue weighted by Crippen LogP contribution is -2.40. The quantitative estimate of drug-likeness (QED) is 0.229. The molecule has 0 fully saturated rings. The Morgan fingerprint density at radius 3 is 2.53 bits per heavy atom. The van der Waals surface area contributed by atoms with E-state index >= 15 is 0 Å². The molecule has 1 atom stereocenters. The van der Waals surface area contributed by atoms with Gasteiger partial charge >= 0.3 is 0 Å². The van der Waals surface area contributed by atoms with Gasteiger partial charge in [-0.2, -0.15) is 4.57 Å². The summed E-state index contributed by atoms with van der Waals surface area (Å²) in [5.74, 6) is 0. The highest BCUT2D eigenvalue weighted by atomic mass is 127. The molecule has 3 nitrogen and oxygen atoms in total. The molecule has 1 heterocycles. The third kappa shape index (κ3) is 2.82. The summed E-state index contributed by atoms with van der Waals surface area (Å²) < 4.78 is 2.22. The van der Waals surface area contributed by atoms with Gasteiger partial charge in [-0.05, 0) is 6.07 Å². The SMILES string of the molecule is ON=Cc1cccc[n+]1C(I)c1ccccc1. The lowest BCUT2D eigenvalue weighted by molar-refractivity contribution is -0.686. The zero-order valence-corrected chi connectivity index (χ0v) is 11.2. The van der Waals surface area contributed by atoms with Crippen LogP contribution in [0.1, 0.15) is 15.3 Å². The van der Waals surface area contributed by atoms with Crippen molar-refractivity contribution in [1.82, 2.24) is 0 Å². The van der Waals surface area contributed by atoms with Crippen molar-refractivity contribution in [1.29, 1.82) is 0 Å².